The van der Waals surface area contributed by atoms with E-state index in [-0.39, 0.29) is 0 Å². The fourth-order valence-corrected chi connectivity index (χ4v) is 2.81. The molecule has 0 spiro atoms. The molecule has 0 aliphatic rings. The molecule has 2 N–H and O–H groups in total. The monoisotopic (exact) mass is 339 g/mol. The third-order valence-electron chi connectivity index (χ3n) is 2.92. The molecule has 96 valence electrons. The zero-order chi connectivity index (χ0) is 13.1. The van der Waals surface area contributed by atoms with E-state index in [2.05, 4.69) is 21.2 Å². The van der Waals surface area contributed by atoms with E-state index >= 15 is 0 Å². The Labute approximate surface area is 120 Å². The van der Waals surface area contributed by atoms with Crippen molar-refractivity contribution in [3.63, 3.8) is 0 Å². The Morgan fingerprint density at radius 3 is 2.12 bits per heavy atom. The van der Waals surface area contributed by atoms with Crippen molar-refractivity contribution in [1.29, 1.82) is 0 Å². The molecule has 0 aromatic heterocycles. The summed E-state index contributed by atoms with van der Waals surface area (Å²) in [4.78, 5) is 0. The number of aliphatic hydroxyl groups is 1. The lowest BCUT2D eigenvalue weighted by Gasteiger charge is -2.26. The van der Waals surface area contributed by atoms with E-state index in [4.69, 9.17) is 23.2 Å². The lowest BCUT2D eigenvalue weighted by Crippen LogP contribution is -2.35. The first-order valence-corrected chi connectivity index (χ1v) is 7.07. The SMILES string of the molecule is CCC(O)(CC)CNc1c(Cl)cc(Br)cc1Cl. The van der Waals surface area contributed by atoms with Crippen molar-refractivity contribution < 1.29 is 5.11 Å². The molecule has 0 bridgehead atoms. The first-order chi connectivity index (χ1) is 7.91. The molecule has 0 fully saturated rings. The van der Waals surface area contributed by atoms with Gasteiger partial charge in [-0.25, -0.2) is 0 Å². The summed E-state index contributed by atoms with van der Waals surface area (Å²) in [5.41, 5.74) is -0.0587. The van der Waals surface area contributed by atoms with Crippen molar-refractivity contribution in [2.45, 2.75) is 32.3 Å². The number of nitrogens with one attached hydrogen (secondary N) is 1. The summed E-state index contributed by atoms with van der Waals surface area (Å²) >= 11 is 15.5. The summed E-state index contributed by atoms with van der Waals surface area (Å²) in [6.07, 6.45) is 1.37. The summed E-state index contributed by atoms with van der Waals surface area (Å²) in [6, 6.07) is 3.54. The maximum absolute atomic E-state index is 10.2. The van der Waals surface area contributed by atoms with Crippen molar-refractivity contribution in [3.8, 4) is 0 Å². The third-order valence-corrected chi connectivity index (χ3v) is 3.97. The molecular weight excluding hydrogens is 325 g/mol. The molecule has 17 heavy (non-hydrogen) atoms. The summed E-state index contributed by atoms with van der Waals surface area (Å²) < 4.78 is 0.833. The molecule has 0 aliphatic carbocycles. The number of halogens is 3. The molecule has 1 rings (SSSR count). The molecular formula is C12H16BrCl2NO. The molecule has 0 radical (unpaired) electrons. The van der Waals surface area contributed by atoms with Gasteiger partial charge in [0.05, 0.1) is 21.3 Å². The van der Waals surface area contributed by atoms with Crippen molar-refractivity contribution in [1.82, 2.24) is 0 Å². The topological polar surface area (TPSA) is 32.3 Å². The molecule has 0 saturated carbocycles. The predicted octanol–water partition coefficient (Wildman–Crippen LogP) is 4.72. The van der Waals surface area contributed by atoms with Gasteiger partial charge in [-0.3, -0.25) is 0 Å². The number of hydrogen-bond donors (Lipinski definition) is 2. The van der Waals surface area contributed by atoms with Crippen LogP contribution in [0.15, 0.2) is 16.6 Å². The van der Waals surface area contributed by atoms with E-state index in [0.717, 1.165) is 4.47 Å². The van der Waals surface area contributed by atoms with E-state index in [9.17, 15) is 5.11 Å². The van der Waals surface area contributed by atoms with Crippen molar-refractivity contribution in [3.05, 3.63) is 26.7 Å². The first kappa shape index (κ1) is 15.1. The lowest BCUT2D eigenvalue weighted by atomic mass is 9.97. The van der Waals surface area contributed by atoms with Gasteiger partial charge in [0.1, 0.15) is 0 Å². The zero-order valence-electron chi connectivity index (χ0n) is 9.86. The van der Waals surface area contributed by atoms with Gasteiger partial charge in [0.15, 0.2) is 0 Å². The summed E-state index contributed by atoms with van der Waals surface area (Å²) in [5, 5.41) is 14.4. The molecule has 5 heteroatoms. The Bertz CT molecular complexity index is 371. The maximum Gasteiger partial charge on any atom is 0.0814 e. The van der Waals surface area contributed by atoms with Crippen LogP contribution in [0.1, 0.15) is 26.7 Å². The lowest BCUT2D eigenvalue weighted by molar-refractivity contribution is 0.0457. The second kappa shape index (κ2) is 6.28. The average Bonchev–Trinajstić information content (AvgIpc) is 2.27. The van der Waals surface area contributed by atoms with E-state index in [0.29, 0.717) is 35.1 Å². The fourth-order valence-electron chi connectivity index (χ4n) is 1.46. The van der Waals surface area contributed by atoms with Gasteiger partial charge in [0.25, 0.3) is 0 Å². The van der Waals surface area contributed by atoms with Crippen LogP contribution in [-0.4, -0.2) is 17.3 Å². The normalized spacial score (nSPS) is 11.6. The highest BCUT2D eigenvalue weighted by molar-refractivity contribution is 9.10. The average molecular weight is 341 g/mol. The number of benzene rings is 1. The fraction of sp³-hybridized carbons (Fsp3) is 0.500. The van der Waals surface area contributed by atoms with Crippen molar-refractivity contribution in [2.75, 3.05) is 11.9 Å². The molecule has 1 aromatic carbocycles. The summed E-state index contributed by atoms with van der Waals surface area (Å²) in [7, 11) is 0. The molecule has 0 saturated heterocycles. The Hall–Kier alpha value is 0.0400. The molecule has 0 heterocycles. The van der Waals surface area contributed by atoms with Gasteiger partial charge >= 0.3 is 0 Å². The van der Waals surface area contributed by atoms with E-state index in [1.165, 1.54) is 0 Å². The highest BCUT2D eigenvalue weighted by Gasteiger charge is 2.22. The second-order valence-corrected chi connectivity index (χ2v) is 5.76. The Morgan fingerprint density at radius 1 is 1.24 bits per heavy atom. The van der Waals surface area contributed by atoms with Crippen LogP contribution < -0.4 is 5.32 Å². The first-order valence-electron chi connectivity index (χ1n) is 5.52. The van der Waals surface area contributed by atoms with Crippen LogP contribution >= 0.6 is 39.1 Å². The summed E-state index contributed by atoms with van der Waals surface area (Å²) in [5.74, 6) is 0. The molecule has 0 amide bonds. The number of hydrogen-bond acceptors (Lipinski definition) is 2. The van der Waals surface area contributed by atoms with Crippen LogP contribution in [0.25, 0.3) is 0 Å². The van der Waals surface area contributed by atoms with Gasteiger partial charge in [-0.1, -0.05) is 53.0 Å². The van der Waals surface area contributed by atoms with Crippen molar-refractivity contribution in [2.24, 2.45) is 0 Å². The molecule has 1 aromatic rings. The minimum Gasteiger partial charge on any atom is -0.388 e. The van der Waals surface area contributed by atoms with E-state index in [1.807, 2.05) is 13.8 Å². The van der Waals surface area contributed by atoms with Gasteiger partial charge < -0.3 is 10.4 Å². The van der Waals surface area contributed by atoms with Gasteiger partial charge in [-0.15, -0.1) is 0 Å². The predicted molar refractivity (Wildman–Crippen MR) is 78.2 cm³/mol. The highest BCUT2D eigenvalue weighted by Crippen LogP contribution is 2.34. The maximum atomic E-state index is 10.2. The standard InChI is InChI=1S/C12H16BrCl2NO/c1-3-12(17,4-2)7-16-11-9(14)5-8(13)6-10(11)15/h5-6,16-17H,3-4,7H2,1-2H3. The third kappa shape index (κ3) is 4.02. The Balaban J connectivity index is 2.83. The van der Waals surface area contributed by atoms with E-state index in [1.54, 1.807) is 12.1 Å². The molecule has 0 unspecified atom stereocenters. The van der Waals surface area contributed by atoms with Crippen LogP contribution in [0.2, 0.25) is 10.0 Å². The molecule has 0 aliphatic heterocycles. The van der Waals surface area contributed by atoms with Crippen molar-refractivity contribution >= 4 is 44.8 Å². The zero-order valence-corrected chi connectivity index (χ0v) is 13.0. The van der Waals surface area contributed by atoms with Gasteiger partial charge in [-0.05, 0) is 25.0 Å². The smallest absolute Gasteiger partial charge is 0.0814 e. The van der Waals surface area contributed by atoms with Crippen LogP contribution in [0.3, 0.4) is 0 Å². The minimum absolute atomic E-state index is 0.432. The Kier molecular flexibility index (Phi) is 5.58. The quantitative estimate of drug-likeness (QED) is 0.812. The number of anilines is 1. The highest BCUT2D eigenvalue weighted by atomic mass is 79.9. The molecule has 2 nitrogen and oxygen atoms in total. The summed E-state index contributed by atoms with van der Waals surface area (Å²) in [6.45, 7) is 4.34. The van der Waals surface area contributed by atoms with Gasteiger partial charge in [0.2, 0.25) is 0 Å². The van der Waals surface area contributed by atoms with Gasteiger partial charge in [-0.2, -0.15) is 0 Å². The van der Waals surface area contributed by atoms with Gasteiger partial charge in [0, 0.05) is 11.0 Å². The molecule has 0 atom stereocenters. The minimum atomic E-state index is -0.722. The second-order valence-electron chi connectivity index (χ2n) is 4.03. The van der Waals surface area contributed by atoms with Crippen LogP contribution in [0, 0.1) is 0 Å². The van der Waals surface area contributed by atoms with Crippen LogP contribution in [0.5, 0.6) is 0 Å². The van der Waals surface area contributed by atoms with Crippen LogP contribution in [-0.2, 0) is 0 Å². The van der Waals surface area contributed by atoms with Crippen LogP contribution in [0.4, 0.5) is 5.69 Å². The largest absolute Gasteiger partial charge is 0.388 e. The number of rotatable bonds is 5. The Morgan fingerprint density at radius 2 is 1.71 bits per heavy atom. The van der Waals surface area contributed by atoms with E-state index < -0.39 is 5.60 Å².